The normalized spacial score (nSPS) is 40.2. The standard InChI is InChI=1S/C34H47FO8/c1-5-16-41-30(40)43-34(28(38)20-42-29(39)13-10-22-8-6-7-9-22)21(2)17-26-25-12-11-23-18-24(36)14-15-31(23,3)33(25,35)27(37)19-32(26,34)4/h14-15,18,21-22,25-27,37H,5-13,16-17,19-20H2,1-4H3/t21-,25+,26+,27+,31+,32+,33+,34+/m1/s1. The Morgan fingerprint density at radius 1 is 1.09 bits per heavy atom. The summed E-state index contributed by atoms with van der Waals surface area (Å²) in [5, 5.41) is 11.7. The molecule has 9 heteroatoms. The fourth-order valence-corrected chi connectivity index (χ4v) is 9.69. The molecule has 5 aliphatic rings. The smallest absolute Gasteiger partial charge is 0.457 e. The van der Waals surface area contributed by atoms with Gasteiger partial charge in [0.25, 0.3) is 0 Å². The third-order valence-corrected chi connectivity index (χ3v) is 11.9. The summed E-state index contributed by atoms with van der Waals surface area (Å²) in [5.74, 6) is -2.39. The number of esters is 1. The summed E-state index contributed by atoms with van der Waals surface area (Å²) in [7, 11) is 0. The Bertz CT molecular complexity index is 1200. The average Bonchev–Trinajstić information content (AvgIpc) is 3.56. The van der Waals surface area contributed by atoms with E-state index in [-0.39, 0.29) is 25.2 Å². The highest BCUT2D eigenvalue weighted by Crippen LogP contribution is 2.71. The van der Waals surface area contributed by atoms with Crippen molar-refractivity contribution in [3.8, 4) is 0 Å². The van der Waals surface area contributed by atoms with Gasteiger partial charge in [0, 0.05) is 29.1 Å². The number of halogens is 1. The number of fused-ring (bicyclic) bond motifs is 5. The summed E-state index contributed by atoms with van der Waals surface area (Å²) in [4.78, 5) is 52.1. The molecule has 0 spiro atoms. The molecule has 0 heterocycles. The van der Waals surface area contributed by atoms with Crippen LogP contribution < -0.4 is 0 Å². The number of aliphatic hydroxyl groups is 1. The van der Waals surface area contributed by atoms with Crippen molar-refractivity contribution in [3.05, 3.63) is 23.8 Å². The third-order valence-electron chi connectivity index (χ3n) is 11.9. The zero-order chi connectivity index (χ0) is 31.2. The number of allylic oxidation sites excluding steroid dienone is 4. The van der Waals surface area contributed by atoms with E-state index >= 15 is 4.39 Å². The van der Waals surface area contributed by atoms with E-state index in [9.17, 15) is 24.3 Å². The summed E-state index contributed by atoms with van der Waals surface area (Å²) in [6, 6.07) is 0. The lowest BCUT2D eigenvalue weighted by Gasteiger charge is -2.62. The molecule has 0 aromatic carbocycles. The largest absolute Gasteiger partial charge is 0.509 e. The Morgan fingerprint density at radius 2 is 1.81 bits per heavy atom. The number of hydrogen-bond donors (Lipinski definition) is 1. The van der Waals surface area contributed by atoms with Gasteiger partial charge in [0.1, 0.15) is 0 Å². The van der Waals surface area contributed by atoms with Crippen molar-refractivity contribution in [2.45, 2.75) is 116 Å². The summed E-state index contributed by atoms with van der Waals surface area (Å²) in [5.41, 5.74) is -5.55. The number of ether oxygens (including phenoxy) is 3. The predicted octanol–water partition coefficient (Wildman–Crippen LogP) is 5.99. The molecule has 0 amide bonds. The highest BCUT2D eigenvalue weighted by molar-refractivity contribution is 6.01. The van der Waals surface area contributed by atoms with Gasteiger partial charge < -0.3 is 19.3 Å². The third kappa shape index (κ3) is 4.98. The maximum Gasteiger partial charge on any atom is 0.509 e. The highest BCUT2D eigenvalue weighted by atomic mass is 19.1. The number of aliphatic hydroxyl groups excluding tert-OH is 1. The molecule has 1 N–H and O–H groups in total. The van der Waals surface area contributed by atoms with Gasteiger partial charge in [0.15, 0.2) is 23.7 Å². The van der Waals surface area contributed by atoms with Crippen molar-refractivity contribution in [1.29, 1.82) is 0 Å². The van der Waals surface area contributed by atoms with Crippen LogP contribution in [-0.4, -0.2) is 59.4 Å². The maximum atomic E-state index is 17.6. The fourth-order valence-electron chi connectivity index (χ4n) is 9.69. The lowest BCUT2D eigenvalue weighted by Crippen LogP contribution is -2.70. The molecule has 0 aromatic rings. The second kappa shape index (κ2) is 11.8. The molecule has 4 saturated carbocycles. The first-order valence-corrected chi connectivity index (χ1v) is 16.2. The van der Waals surface area contributed by atoms with Crippen LogP contribution in [0, 0.1) is 34.5 Å². The summed E-state index contributed by atoms with van der Waals surface area (Å²) < 4.78 is 34.4. The lowest BCUT2D eigenvalue weighted by molar-refractivity contribution is -0.222. The molecular formula is C34H47FO8. The summed E-state index contributed by atoms with van der Waals surface area (Å²) >= 11 is 0. The van der Waals surface area contributed by atoms with Crippen molar-refractivity contribution < 1.29 is 42.9 Å². The Balaban J connectivity index is 1.45. The number of carbonyl (C=O) groups excluding carboxylic acids is 4. The molecule has 238 valence electrons. The van der Waals surface area contributed by atoms with Crippen LogP contribution in [0.15, 0.2) is 23.8 Å². The first-order chi connectivity index (χ1) is 20.3. The van der Waals surface area contributed by atoms with Crippen LogP contribution in [0.3, 0.4) is 0 Å². The van der Waals surface area contributed by atoms with Crippen molar-refractivity contribution in [3.63, 3.8) is 0 Å². The molecule has 8 atom stereocenters. The Kier molecular flexibility index (Phi) is 8.71. The minimum absolute atomic E-state index is 0.102. The van der Waals surface area contributed by atoms with E-state index in [0.717, 1.165) is 19.3 Å². The summed E-state index contributed by atoms with van der Waals surface area (Å²) in [6.07, 6.45) is 9.04. The minimum atomic E-state index is -2.09. The van der Waals surface area contributed by atoms with Gasteiger partial charge >= 0.3 is 12.1 Å². The van der Waals surface area contributed by atoms with Gasteiger partial charge in [-0.25, -0.2) is 9.18 Å². The summed E-state index contributed by atoms with van der Waals surface area (Å²) in [6.45, 7) is 6.70. The Morgan fingerprint density at radius 3 is 2.51 bits per heavy atom. The predicted molar refractivity (Wildman–Crippen MR) is 156 cm³/mol. The molecule has 0 aromatic heterocycles. The van der Waals surface area contributed by atoms with Gasteiger partial charge in [0.05, 0.1) is 12.7 Å². The number of alkyl halides is 1. The first-order valence-electron chi connectivity index (χ1n) is 16.2. The fraction of sp³-hybridized carbons (Fsp3) is 0.765. The monoisotopic (exact) mass is 602 g/mol. The van der Waals surface area contributed by atoms with Crippen LogP contribution in [0.1, 0.15) is 98.3 Å². The zero-order valence-electron chi connectivity index (χ0n) is 26.0. The number of carbonyl (C=O) groups is 4. The van der Waals surface area contributed by atoms with E-state index in [2.05, 4.69) is 0 Å². The molecule has 0 saturated heterocycles. The van der Waals surface area contributed by atoms with E-state index in [1.165, 1.54) is 25.0 Å². The Hall–Kier alpha value is -2.55. The van der Waals surface area contributed by atoms with Gasteiger partial charge in [-0.1, -0.05) is 58.1 Å². The molecule has 4 fully saturated rings. The molecule has 43 heavy (non-hydrogen) atoms. The van der Waals surface area contributed by atoms with Crippen LogP contribution in [0.2, 0.25) is 0 Å². The molecule has 8 nitrogen and oxygen atoms in total. The number of rotatable bonds is 9. The molecular weight excluding hydrogens is 555 g/mol. The average molecular weight is 603 g/mol. The van der Waals surface area contributed by atoms with Crippen molar-refractivity contribution in [1.82, 2.24) is 0 Å². The molecule has 0 bridgehead atoms. The van der Waals surface area contributed by atoms with Crippen molar-refractivity contribution in [2.24, 2.45) is 34.5 Å². The van der Waals surface area contributed by atoms with Crippen molar-refractivity contribution in [2.75, 3.05) is 13.2 Å². The highest BCUT2D eigenvalue weighted by Gasteiger charge is 2.77. The van der Waals surface area contributed by atoms with E-state index in [0.29, 0.717) is 37.2 Å². The van der Waals surface area contributed by atoms with Crippen LogP contribution >= 0.6 is 0 Å². The van der Waals surface area contributed by atoms with Crippen LogP contribution in [0.5, 0.6) is 0 Å². The van der Waals surface area contributed by atoms with Gasteiger partial charge in [-0.15, -0.1) is 0 Å². The van der Waals surface area contributed by atoms with E-state index in [1.807, 2.05) is 6.92 Å². The Labute approximate surface area is 253 Å². The van der Waals surface area contributed by atoms with Crippen LogP contribution in [-0.2, 0) is 28.6 Å². The zero-order valence-corrected chi connectivity index (χ0v) is 26.0. The molecule has 5 rings (SSSR count). The second-order valence-electron chi connectivity index (χ2n) is 14.1. The van der Waals surface area contributed by atoms with E-state index in [1.54, 1.807) is 26.8 Å². The van der Waals surface area contributed by atoms with Crippen LogP contribution in [0.4, 0.5) is 9.18 Å². The lowest BCUT2D eigenvalue weighted by atomic mass is 9.44. The number of ketones is 2. The molecule has 0 aliphatic heterocycles. The van der Waals surface area contributed by atoms with Gasteiger partial charge in [-0.2, -0.15) is 0 Å². The maximum absolute atomic E-state index is 17.6. The van der Waals surface area contributed by atoms with Gasteiger partial charge in [-0.3, -0.25) is 14.4 Å². The SMILES string of the molecule is CCCOC(=O)O[C@]1(C(=O)COC(=O)CCC2CCCC2)[C@H](C)C[C@H]2[C@@H]3CCC4=CC(=O)C=C[C@]4(C)[C@@]3(F)[C@@H](O)C[C@@]21C. The number of Topliss-reactive ketones (excluding diaryl/α,β-unsaturated/α-hetero) is 1. The topological polar surface area (TPSA) is 116 Å². The van der Waals surface area contributed by atoms with Gasteiger partial charge in [0.2, 0.25) is 5.78 Å². The second-order valence-corrected chi connectivity index (χ2v) is 14.1. The molecule has 0 unspecified atom stereocenters. The number of hydrogen-bond acceptors (Lipinski definition) is 8. The van der Waals surface area contributed by atoms with Gasteiger partial charge in [-0.05, 0) is 69.4 Å². The molecule has 0 radical (unpaired) electrons. The van der Waals surface area contributed by atoms with Crippen molar-refractivity contribution >= 4 is 23.7 Å². The molecule has 5 aliphatic carbocycles. The van der Waals surface area contributed by atoms with Crippen LogP contribution in [0.25, 0.3) is 0 Å². The van der Waals surface area contributed by atoms with E-state index in [4.69, 9.17) is 14.2 Å². The quantitative estimate of drug-likeness (QED) is 0.320. The first kappa shape index (κ1) is 31.9. The van der Waals surface area contributed by atoms with E-state index < -0.39 is 70.5 Å². The minimum Gasteiger partial charge on any atom is -0.457 e.